The number of aromatic nitrogens is 2. The number of thiophene rings is 1. The molecule has 0 aromatic carbocycles. The minimum Gasteiger partial charge on any atom is -0.481 e. The molecule has 0 saturated heterocycles. The molecule has 6 heteroatoms. The summed E-state index contributed by atoms with van der Waals surface area (Å²) in [6.45, 7) is 4.95. The summed E-state index contributed by atoms with van der Waals surface area (Å²) in [6.07, 6.45) is 3.23. The highest BCUT2D eigenvalue weighted by Gasteiger charge is 2.34. The van der Waals surface area contributed by atoms with E-state index in [-0.39, 0.29) is 0 Å². The Morgan fingerprint density at radius 1 is 1.45 bits per heavy atom. The average Bonchev–Trinajstić information content (AvgIpc) is 3.13. The highest BCUT2D eigenvalue weighted by Crippen LogP contribution is 2.28. The molecule has 0 aliphatic heterocycles. The predicted octanol–water partition coefficient (Wildman–Crippen LogP) is 3.13. The number of aryl methyl sites for hydroxylation is 1. The molecule has 0 unspecified atom stereocenters. The van der Waals surface area contributed by atoms with Crippen molar-refractivity contribution < 1.29 is 9.90 Å². The zero-order chi connectivity index (χ0) is 16.2. The van der Waals surface area contributed by atoms with E-state index in [0.717, 1.165) is 16.1 Å². The van der Waals surface area contributed by atoms with E-state index in [0.29, 0.717) is 25.9 Å². The van der Waals surface area contributed by atoms with Gasteiger partial charge in [-0.1, -0.05) is 19.9 Å². The van der Waals surface area contributed by atoms with Gasteiger partial charge in [-0.25, -0.2) is 0 Å². The fraction of sp³-hybridized carbons (Fsp3) is 0.500. The van der Waals surface area contributed by atoms with Crippen molar-refractivity contribution in [2.75, 3.05) is 6.54 Å². The molecule has 0 saturated carbocycles. The van der Waals surface area contributed by atoms with Gasteiger partial charge in [-0.05, 0) is 24.3 Å². The van der Waals surface area contributed by atoms with E-state index in [1.165, 1.54) is 0 Å². The van der Waals surface area contributed by atoms with Crippen LogP contribution in [0.1, 0.15) is 32.3 Å². The van der Waals surface area contributed by atoms with Crippen molar-refractivity contribution in [1.29, 1.82) is 0 Å². The van der Waals surface area contributed by atoms with Crippen LogP contribution < -0.4 is 5.32 Å². The summed E-state index contributed by atoms with van der Waals surface area (Å²) < 4.78 is 1.80. The average molecular weight is 321 g/mol. The Morgan fingerprint density at radius 3 is 2.73 bits per heavy atom. The molecule has 0 aliphatic rings. The molecular weight excluding hydrogens is 298 g/mol. The number of carboxylic acids is 1. The second-order valence-electron chi connectivity index (χ2n) is 5.55. The number of nitrogens with zero attached hydrogens (tertiary/aromatic N) is 2. The fourth-order valence-electron chi connectivity index (χ4n) is 2.60. The second-order valence-corrected chi connectivity index (χ2v) is 6.50. The van der Waals surface area contributed by atoms with Gasteiger partial charge in [-0.15, -0.1) is 11.3 Å². The number of hydrogen-bond donors (Lipinski definition) is 2. The lowest BCUT2D eigenvalue weighted by molar-refractivity contribution is -0.149. The summed E-state index contributed by atoms with van der Waals surface area (Å²) in [7, 11) is 1.90. The van der Waals surface area contributed by atoms with Crippen LogP contribution in [0.4, 0.5) is 0 Å². The molecule has 2 rings (SSSR count). The molecule has 2 aromatic rings. The Bertz CT molecular complexity index is 615. The summed E-state index contributed by atoms with van der Waals surface area (Å²) in [4.78, 5) is 12.7. The highest BCUT2D eigenvalue weighted by molar-refractivity contribution is 7.13. The zero-order valence-electron chi connectivity index (χ0n) is 13.3. The Morgan fingerprint density at radius 2 is 2.18 bits per heavy atom. The van der Waals surface area contributed by atoms with E-state index in [1.54, 1.807) is 16.0 Å². The number of carbonyl (C=O) groups is 1. The minimum absolute atomic E-state index is 0.466. The molecule has 0 atom stereocenters. The summed E-state index contributed by atoms with van der Waals surface area (Å²) in [5, 5.41) is 19.3. The van der Waals surface area contributed by atoms with E-state index in [9.17, 15) is 9.90 Å². The lowest BCUT2D eigenvalue weighted by Gasteiger charge is -2.26. The Hall–Kier alpha value is -1.66. The normalized spacial score (nSPS) is 11.8. The molecule has 5 nitrogen and oxygen atoms in total. The van der Waals surface area contributed by atoms with Gasteiger partial charge in [0.2, 0.25) is 0 Å². The molecule has 0 spiro atoms. The first-order valence-electron chi connectivity index (χ1n) is 7.53. The van der Waals surface area contributed by atoms with E-state index in [2.05, 4.69) is 16.5 Å². The number of carboxylic acid groups (broad SMARTS) is 1. The van der Waals surface area contributed by atoms with Crippen molar-refractivity contribution >= 4 is 17.3 Å². The van der Waals surface area contributed by atoms with Crippen molar-refractivity contribution in [3.8, 4) is 10.6 Å². The van der Waals surface area contributed by atoms with Gasteiger partial charge in [-0.2, -0.15) is 5.10 Å². The molecule has 2 N–H and O–H groups in total. The third kappa shape index (κ3) is 3.39. The number of hydrogen-bond acceptors (Lipinski definition) is 4. The molecule has 2 heterocycles. The van der Waals surface area contributed by atoms with Crippen molar-refractivity contribution in [2.24, 2.45) is 12.5 Å². The van der Waals surface area contributed by atoms with Crippen LogP contribution in [0.15, 0.2) is 23.7 Å². The summed E-state index contributed by atoms with van der Waals surface area (Å²) in [5.41, 5.74) is 1.38. The Kier molecular flexibility index (Phi) is 5.37. The first-order chi connectivity index (χ1) is 10.5. The highest BCUT2D eigenvalue weighted by atomic mass is 32.1. The molecule has 120 valence electrons. The van der Waals surface area contributed by atoms with E-state index < -0.39 is 11.4 Å². The lowest BCUT2D eigenvalue weighted by Crippen LogP contribution is -2.40. The van der Waals surface area contributed by atoms with Crippen molar-refractivity contribution in [3.63, 3.8) is 0 Å². The summed E-state index contributed by atoms with van der Waals surface area (Å²) in [6, 6.07) is 4.06. The van der Waals surface area contributed by atoms with Crippen LogP contribution in [0.5, 0.6) is 0 Å². The summed E-state index contributed by atoms with van der Waals surface area (Å²) in [5.74, 6) is -0.727. The Labute approximate surface area is 135 Å². The zero-order valence-corrected chi connectivity index (χ0v) is 14.1. The molecule has 0 amide bonds. The molecular formula is C16H23N3O2S. The van der Waals surface area contributed by atoms with Crippen LogP contribution in [0.3, 0.4) is 0 Å². The van der Waals surface area contributed by atoms with E-state index in [4.69, 9.17) is 0 Å². The maximum absolute atomic E-state index is 11.5. The quantitative estimate of drug-likeness (QED) is 0.784. The van der Waals surface area contributed by atoms with Crippen molar-refractivity contribution in [2.45, 2.75) is 33.2 Å². The predicted molar refractivity (Wildman–Crippen MR) is 88.9 cm³/mol. The van der Waals surface area contributed by atoms with Crippen molar-refractivity contribution in [3.05, 3.63) is 29.3 Å². The first-order valence-corrected chi connectivity index (χ1v) is 8.41. The van der Waals surface area contributed by atoms with Gasteiger partial charge in [0.25, 0.3) is 0 Å². The third-order valence-electron chi connectivity index (χ3n) is 4.25. The number of aliphatic carboxylic acids is 1. The maximum Gasteiger partial charge on any atom is 0.310 e. The van der Waals surface area contributed by atoms with Gasteiger partial charge in [0, 0.05) is 31.9 Å². The number of rotatable bonds is 8. The van der Waals surface area contributed by atoms with Gasteiger partial charge in [0.15, 0.2) is 0 Å². The Balaban J connectivity index is 2.08. The van der Waals surface area contributed by atoms with Crippen LogP contribution in [0.25, 0.3) is 10.6 Å². The van der Waals surface area contributed by atoms with E-state index >= 15 is 0 Å². The maximum atomic E-state index is 11.5. The molecule has 22 heavy (non-hydrogen) atoms. The smallest absolute Gasteiger partial charge is 0.310 e. The third-order valence-corrected chi connectivity index (χ3v) is 5.12. The standard InChI is InChI=1S/C16H23N3O2S/c1-4-16(5-2,15(20)21)11-17-9-12-10-19(3)18-14(12)13-7-6-8-22-13/h6-8,10,17H,4-5,9,11H2,1-3H3,(H,20,21). The second kappa shape index (κ2) is 7.07. The van der Waals surface area contributed by atoms with Crippen molar-refractivity contribution in [1.82, 2.24) is 15.1 Å². The molecule has 0 fully saturated rings. The van der Waals surface area contributed by atoms with Gasteiger partial charge in [0.1, 0.15) is 5.69 Å². The molecule has 2 aromatic heterocycles. The van der Waals surface area contributed by atoms with Gasteiger partial charge < -0.3 is 10.4 Å². The topological polar surface area (TPSA) is 67.2 Å². The minimum atomic E-state index is -0.727. The molecule has 0 bridgehead atoms. The van der Waals surface area contributed by atoms with Crippen LogP contribution in [0, 0.1) is 5.41 Å². The number of nitrogens with one attached hydrogen (secondary N) is 1. The van der Waals surface area contributed by atoms with Gasteiger partial charge in [-0.3, -0.25) is 9.48 Å². The van der Waals surface area contributed by atoms with E-state index in [1.807, 2.05) is 38.5 Å². The van der Waals surface area contributed by atoms with Gasteiger partial charge >= 0.3 is 5.97 Å². The SMILES string of the molecule is CCC(CC)(CNCc1cn(C)nc1-c1cccs1)C(=O)O. The van der Waals surface area contributed by atoms with Crippen LogP contribution in [-0.4, -0.2) is 27.4 Å². The fourth-order valence-corrected chi connectivity index (χ4v) is 3.35. The summed E-state index contributed by atoms with van der Waals surface area (Å²) >= 11 is 1.66. The largest absolute Gasteiger partial charge is 0.481 e. The van der Waals surface area contributed by atoms with Crippen LogP contribution >= 0.6 is 11.3 Å². The van der Waals surface area contributed by atoms with Gasteiger partial charge in [0.05, 0.1) is 10.3 Å². The monoisotopic (exact) mass is 321 g/mol. The van der Waals surface area contributed by atoms with Crippen LogP contribution in [0.2, 0.25) is 0 Å². The lowest BCUT2D eigenvalue weighted by atomic mass is 9.82. The van der Waals surface area contributed by atoms with Crippen LogP contribution in [-0.2, 0) is 18.4 Å². The molecule has 0 aliphatic carbocycles. The molecule has 0 radical (unpaired) electrons. The first kappa shape index (κ1) is 16.7.